The summed E-state index contributed by atoms with van der Waals surface area (Å²) in [6.45, 7) is 7.73. The van der Waals surface area contributed by atoms with Crippen molar-refractivity contribution in [2.75, 3.05) is 26.4 Å². The highest BCUT2D eigenvalue weighted by Crippen LogP contribution is 2.32. The molecule has 0 aliphatic carbocycles. The smallest absolute Gasteiger partial charge is 0.124 e. The van der Waals surface area contributed by atoms with Crippen LogP contribution in [-0.4, -0.2) is 26.4 Å². The topological polar surface area (TPSA) is 30.5 Å². The number of benzene rings is 1. The fraction of sp³-hybridized carbons (Fsp3) is 0.647. The van der Waals surface area contributed by atoms with Crippen molar-refractivity contribution in [3.05, 3.63) is 29.8 Å². The Hall–Kier alpha value is -1.06. The van der Waals surface area contributed by atoms with E-state index in [0.29, 0.717) is 12.6 Å². The van der Waals surface area contributed by atoms with Gasteiger partial charge in [-0.05, 0) is 44.7 Å². The Kier molecular flexibility index (Phi) is 6.34. The first-order valence-electron chi connectivity index (χ1n) is 7.88. The van der Waals surface area contributed by atoms with Crippen LogP contribution in [0.25, 0.3) is 0 Å². The fourth-order valence-electron chi connectivity index (χ4n) is 2.94. The Labute approximate surface area is 122 Å². The molecule has 1 heterocycles. The van der Waals surface area contributed by atoms with E-state index in [1.165, 1.54) is 24.8 Å². The number of para-hydroxylation sites is 1. The normalized spacial score (nSPS) is 17.9. The summed E-state index contributed by atoms with van der Waals surface area (Å²) in [5.41, 5.74) is 1.29. The molecule has 3 nitrogen and oxygen atoms in total. The van der Waals surface area contributed by atoms with Crippen LogP contribution >= 0.6 is 0 Å². The Morgan fingerprint density at radius 1 is 1.25 bits per heavy atom. The SMILES string of the molecule is CCNC(CC1CCOCC1)c1ccccc1OCC. The number of nitrogens with one attached hydrogen (secondary N) is 1. The van der Waals surface area contributed by atoms with Crippen LogP contribution in [0.2, 0.25) is 0 Å². The van der Waals surface area contributed by atoms with Crippen LogP contribution in [0.5, 0.6) is 5.75 Å². The van der Waals surface area contributed by atoms with Crippen LogP contribution in [0.1, 0.15) is 44.7 Å². The van der Waals surface area contributed by atoms with E-state index in [1.807, 2.05) is 13.0 Å². The van der Waals surface area contributed by atoms with Gasteiger partial charge in [-0.3, -0.25) is 0 Å². The van der Waals surface area contributed by atoms with Gasteiger partial charge in [0.15, 0.2) is 0 Å². The lowest BCUT2D eigenvalue weighted by Gasteiger charge is -2.28. The maximum absolute atomic E-state index is 5.79. The highest BCUT2D eigenvalue weighted by molar-refractivity contribution is 5.36. The van der Waals surface area contributed by atoms with Gasteiger partial charge in [0.2, 0.25) is 0 Å². The molecule has 0 amide bonds. The Balaban J connectivity index is 2.10. The molecule has 0 bridgehead atoms. The van der Waals surface area contributed by atoms with Gasteiger partial charge in [-0.25, -0.2) is 0 Å². The zero-order valence-corrected chi connectivity index (χ0v) is 12.7. The molecule has 0 spiro atoms. The van der Waals surface area contributed by atoms with E-state index in [-0.39, 0.29) is 0 Å². The molecule has 1 aromatic carbocycles. The Morgan fingerprint density at radius 2 is 2.00 bits per heavy atom. The average Bonchev–Trinajstić information content (AvgIpc) is 2.49. The molecule has 2 rings (SSSR count). The molecule has 1 aromatic rings. The second-order valence-electron chi connectivity index (χ2n) is 5.37. The van der Waals surface area contributed by atoms with Crippen LogP contribution in [0.4, 0.5) is 0 Å². The van der Waals surface area contributed by atoms with Gasteiger partial charge in [-0.1, -0.05) is 25.1 Å². The minimum Gasteiger partial charge on any atom is -0.494 e. The predicted molar refractivity (Wildman–Crippen MR) is 82.2 cm³/mol. The monoisotopic (exact) mass is 277 g/mol. The van der Waals surface area contributed by atoms with Crippen LogP contribution in [0.15, 0.2) is 24.3 Å². The van der Waals surface area contributed by atoms with Crippen molar-refractivity contribution >= 4 is 0 Å². The van der Waals surface area contributed by atoms with Crippen molar-refractivity contribution in [1.82, 2.24) is 5.32 Å². The third-order valence-electron chi connectivity index (χ3n) is 3.95. The van der Waals surface area contributed by atoms with E-state index < -0.39 is 0 Å². The zero-order chi connectivity index (χ0) is 14.2. The molecule has 0 radical (unpaired) electrons. The number of hydrogen-bond donors (Lipinski definition) is 1. The highest BCUT2D eigenvalue weighted by Gasteiger charge is 2.22. The summed E-state index contributed by atoms with van der Waals surface area (Å²) >= 11 is 0. The molecular formula is C17H27NO2. The van der Waals surface area contributed by atoms with Gasteiger partial charge in [-0.15, -0.1) is 0 Å². The third kappa shape index (κ3) is 4.22. The van der Waals surface area contributed by atoms with Crippen LogP contribution in [-0.2, 0) is 4.74 Å². The first-order chi connectivity index (χ1) is 9.85. The summed E-state index contributed by atoms with van der Waals surface area (Å²) in [7, 11) is 0. The average molecular weight is 277 g/mol. The summed E-state index contributed by atoms with van der Waals surface area (Å²) in [6, 6.07) is 8.80. The molecule has 1 unspecified atom stereocenters. The molecule has 1 fully saturated rings. The molecular weight excluding hydrogens is 250 g/mol. The maximum atomic E-state index is 5.79. The van der Waals surface area contributed by atoms with Gasteiger partial charge in [-0.2, -0.15) is 0 Å². The third-order valence-corrected chi connectivity index (χ3v) is 3.95. The molecule has 3 heteroatoms. The maximum Gasteiger partial charge on any atom is 0.124 e. The molecule has 112 valence electrons. The van der Waals surface area contributed by atoms with Crippen molar-refractivity contribution in [2.45, 2.75) is 39.2 Å². The van der Waals surface area contributed by atoms with E-state index in [0.717, 1.165) is 31.4 Å². The number of hydrogen-bond acceptors (Lipinski definition) is 3. The number of rotatable bonds is 7. The van der Waals surface area contributed by atoms with E-state index in [1.54, 1.807) is 0 Å². The quantitative estimate of drug-likeness (QED) is 0.826. The summed E-state index contributed by atoms with van der Waals surface area (Å²) in [4.78, 5) is 0. The molecule has 1 atom stereocenters. The van der Waals surface area contributed by atoms with Crippen LogP contribution in [0.3, 0.4) is 0 Å². The van der Waals surface area contributed by atoms with Gasteiger partial charge >= 0.3 is 0 Å². The van der Waals surface area contributed by atoms with Crippen LogP contribution < -0.4 is 10.1 Å². The summed E-state index contributed by atoms with van der Waals surface area (Å²) in [5.74, 6) is 1.77. The molecule has 0 saturated carbocycles. The van der Waals surface area contributed by atoms with Crippen molar-refractivity contribution < 1.29 is 9.47 Å². The van der Waals surface area contributed by atoms with Gasteiger partial charge in [0.05, 0.1) is 6.61 Å². The zero-order valence-electron chi connectivity index (χ0n) is 12.7. The summed E-state index contributed by atoms with van der Waals surface area (Å²) < 4.78 is 11.3. The lowest BCUT2D eigenvalue weighted by molar-refractivity contribution is 0.0605. The van der Waals surface area contributed by atoms with E-state index >= 15 is 0 Å². The molecule has 0 aromatic heterocycles. The largest absolute Gasteiger partial charge is 0.494 e. The molecule has 1 aliphatic heterocycles. The lowest BCUT2D eigenvalue weighted by Crippen LogP contribution is -2.26. The molecule has 20 heavy (non-hydrogen) atoms. The van der Waals surface area contributed by atoms with E-state index in [4.69, 9.17) is 9.47 Å². The van der Waals surface area contributed by atoms with Crippen molar-refractivity contribution in [2.24, 2.45) is 5.92 Å². The minimum absolute atomic E-state index is 0.380. The minimum atomic E-state index is 0.380. The first-order valence-corrected chi connectivity index (χ1v) is 7.88. The highest BCUT2D eigenvalue weighted by atomic mass is 16.5. The number of ether oxygens (including phenoxy) is 2. The first kappa shape index (κ1) is 15.3. The second-order valence-corrected chi connectivity index (χ2v) is 5.37. The van der Waals surface area contributed by atoms with Gasteiger partial charge < -0.3 is 14.8 Å². The van der Waals surface area contributed by atoms with Gasteiger partial charge in [0.25, 0.3) is 0 Å². The fourth-order valence-corrected chi connectivity index (χ4v) is 2.94. The van der Waals surface area contributed by atoms with Gasteiger partial charge in [0.1, 0.15) is 5.75 Å². The van der Waals surface area contributed by atoms with Gasteiger partial charge in [0, 0.05) is 24.8 Å². The van der Waals surface area contributed by atoms with Crippen molar-refractivity contribution in [1.29, 1.82) is 0 Å². The summed E-state index contributed by atoms with van der Waals surface area (Å²) in [6.07, 6.45) is 3.53. The molecule has 1 saturated heterocycles. The Morgan fingerprint density at radius 3 is 2.70 bits per heavy atom. The lowest BCUT2D eigenvalue weighted by atomic mass is 9.89. The standard InChI is InChI=1S/C17H27NO2/c1-3-18-16(13-14-9-11-19-12-10-14)15-7-5-6-8-17(15)20-4-2/h5-8,14,16,18H,3-4,9-13H2,1-2H3. The van der Waals surface area contributed by atoms with E-state index in [9.17, 15) is 0 Å². The van der Waals surface area contributed by atoms with Crippen LogP contribution in [0, 0.1) is 5.92 Å². The summed E-state index contributed by atoms with van der Waals surface area (Å²) in [5, 5.41) is 3.62. The molecule has 1 N–H and O–H groups in total. The van der Waals surface area contributed by atoms with Crippen molar-refractivity contribution in [3.63, 3.8) is 0 Å². The van der Waals surface area contributed by atoms with Crippen molar-refractivity contribution in [3.8, 4) is 5.75 Å². The predicted octanol–water partition coefficient (Wildman–Crippen LogP) is 3.55. The van der Waals surface area contributed by atoms with E-state index in [2.05, 4.69) is 30.4 Å². The second kappa shape index (κ2) is 8.28. The Bertz CT molecular complexity index is 388. The molecule has 1 aliphatic rings.